The molecule has 1 saturated carbocycles. The number of para-hydroxylation sites is 1. The van der Waals surface area contributed by atoms with Gasteiger partial charge in [0.1, 0.15) is 0 Å². The van der Waals surface area contributed by atoms with Gasteiger partial charge in [-0.3, -0.25) is 4.79 Å². The predicted octanol–water partition coefficient (Wildman–Crippen LogP) is 1.76. The first-order valence-electron chi connectivity index (χ1n) is 7.13. The van der Waals surface area contributed by atoms with E-state index in [4.69, 9.17) is 0 Å². The first kappa shape index (κ1) is 12.2. The molecule has 0 saturated heterocycles. The second-order valence-corrected chi connectivity index (χ2v) is 5.59. The monoisotopic (exact) mass is 280 g/mol. The Morgan fingerprint density at radius 1 is 1.38 bits per heavy atom. The van der Waals surface area contributed by atoms with Gasteiger partial charge in [0, 0.05) is 35.8 Å². The van der Waals surface area contributed by atoms with Crippen LogP contribution in [-0.4, -0.2) is 22.4 Å². The molecule has 4 rings (SSSR count). The summed E-state index contributed by atoms with van der Waals surface area (Å²) in [7, 11) is 2.01. The summed E-state index contributed by atoms with van der Waals surface area (Å²) in [6.07, 6.45) is 6.25. The highest BCUT2D eigenvalue weighted by Crippen LogP contribution is 2.25. The van der Waals surface area contributed by atoms with E-state index in [1.54, 1.807) is 0 Å². The van der Waals surface area contributed by atoms with E-state index >= 15 is 0 Å². The number of aromatic nitrogens is 1. The summed E-state index contributed by atoms with van der Waals surface area (Å²) in [5.74, 6) is 0.515. The van der Waals surface area contributed by atoms with Crippen LogP contribution in [0.4, 0.5) is 0 Å². The van der Waals surface area contributed by atoms with Crippen LogP contribution in [0.15, 0.2) is 41.1 Å². The third-order valence-electron chi connectivity index (χ3n) is 3.91. The summed E-state index contributed by atoms with van der Waals surface area (Å²) in [5.41, 5.74) is 5.33. The number of benzene rings is 1. The van der Waals surface area contributed by atoms with Crippen molar-refractivity contribution >= 4 is 28.7 Å². The van der Waals surface area contributed by atoms with Gasteiger partial charge in [0.05, 0.1) is 5.57 Å². The van der Waals surface area contributed by atoms with Crippen LogP contribution in [-0.2, 0) is 11.8 Å². The van der Waals surface area contributed by atoms with Crippen LogP contribution in [0.5, 0.6) is 0 Å². The van der Waals surface area contributed by atoms with Crippen LogP contribution < -0.4 is 10.7 Å². The molecular formula is C16H16N4O. The first-order valence-corrected chi connectivity index (χ1v) is 7.13. The summed E-state index contributed by atoms with van der Waals surface area (Å²) < 4.78 is 2.07. The van der Waals surface area contributed by atoms with Crippen molar-refractivity contribution in [3.05, 3.63) is 41.6 Å². The molecule has 0 radical (unpaired) electrons. The lowest BCUT2D eigenvalue weighted by atomic mass is 10.1. The second kappa shape index (κ2) is 4.48. The zero-order valence-electron chi connectivity index (χ0n) is 11.8. The molecule has 2 aromatic rings. The minimum Gasteiger partial charge on any atom is -0.365 e. The number of carbonyl (C=O) groups is 1. The minimum atomic E-state index is -0.147. The Labute approximate surface area is 122 Å². The number of carbonyl (C=O) groups excluding carboxylic acids is 1. The molecule has 1 aromatic carbocycles. The maximum Gasteiger partial charge on any atom is 0.275 e. The number of amides is 1. The third kappa shape index (κ3) is 2.11. The summed E-state index contributed by atoms with van der Waals surface area (Å²) in [6.45, 7) is 0. The van der Waals surface area contributed by atoms with E-state index in [2.05, 4.69) is 32.5 Å². The van der Waals surface area contributed by atoms with Crippen molar-refractivity contribution in [3.63, 3.8) is 0 Å². The van der Waals surface area contributed by atoms with Gasteiger partial charge in [0.25, 0.3) is 5.91 Å². The average Bonchev–Trinajstić information content (AvgIpc) is 3.17. The van der Waals surface area contributed by atoms with Gasteiger partial charge in [0.2, 0.25) is 0 Å². The van der Waals surface area contributed by atoms with E-state index in [-0.39, 0.29) is 5.91 Å². The lowest BCUT2D eigenvalue weighted by Gasteiger charge is -2.03. The number of fused-ring (bicyclic) bond motifs is 1. The Kier molecular flexibility index (Phi) is 2.60. The number of nitrogens with one attached hydrogen (secondary N) is 2. The largest absolute Gasteiger partial charge is 0.365 e. The highest BCUT2D eigenvalue weighted by Gasteiger charge is 2.29. The Hall–Kier alpha value is -2.56. The molecule has 0 atom stereocenters. The number of amidine groups is 1. The third-order valence-corrected chi connectivity index (χ3v) is 3.91. The minimum absolute atomic E-state index is 0.147. The zero-order chi connectivity index (χ0) is 14.4. The van der Waals surface area contributed by atoms with Crippen LogP contribution in [0.3, 0.4) is 0 Å². The van der Waals surface area contributed by atoms with Crippen molar-refractivity contribution in [3.8, 4) is 0 Å². The Balaban J connectivity index is 1.77. The summed E-state index contributed by atoms with van der Waals surface area (Å²) in [5, 5.41) is 8.53. The van der Waals surface area contributed by atoms with Crippen LogP contribution >= 0.6 is 0 Å². The fourth-order valence-corrected chi connectivity index (χ4v) is 2.64. The maximum absolute atomic E-state index is 12.0. The summed E-state index contributed by atoms with van der Waals surface area (Å²) in [6, 6.07) is 8.63. The van der Waals surface area contributed by atoms with Gasteiger partial charge < -0.3 is 9.88 Å². The van der Waals surface area contributed by atoms with Gasteiger partial charge in [0.15, 0.2) is 5.84 Å². The fraction of sp³-hybridized carbons (Fsp3) is 0.250. The smallest absolute Gasteiger partial charge is 0.275 e. The van der Waals surface area contributed by atoms with Crippen LogP contribution in [0.1, 0.15) is 18.4 Å². The fourth-order valence-electron chi connectivity index (χ4n) is 2.64. The standard InChI is InChI=1S/C16H16N4O/c1-20-9-10(12-4-2-3-5-14(12)20)8-13-15(17-11-6-7-11)18-19-16(13)21/h2-5,8-9,11H,6-7H2,1H3,(H,17,18)(H,19,21)/b13-8-. The maximum atomic E-state index is 12.0. The van der Waals surface area contributed by atoms with E-state index in [1.165, 1.54) is 0 Å². The molecule has 2 heterocycles. The number of rotatable bonds is 2. The molecule has 0 bridgehead atoms. The highest BCUT2D eigenvalue weighted by atomic mass is 16.2. The molecule has 5 nitrogen and oxygen atoms in total. The molecule has 0 spiro atoms. The van der Waals surface area contributed by atoms with Crippen LogP contribution in [0.2, 0.25) is 0 Å². The SMILES string of the molecule is Cn1cc(/C=C2\C(=O)NN=C2NC2CC2)c2ccccc21. The average molecular weight is 280 g/mol. The molecular weight excluding hydrogens is 264 g/mol. The molecule has 5 heteroatoms. The van der Waals surface area contributed by atoms with Gasteiger partial charge in [-0.1, -0.05) is 18.2 Å². The van der Waals surface area contributed by atoms with E-state index in [0.717, 1.165) is 29.3 Å². The van der Waals surface area contributed by atoms with Crippen molar-refractivity contribution in [1.29, 1.82) is 0 Å². The highest BCUT2D eigenvalue weighted by molar-refractivity contribution is 6.27. The molecule has 1 aliphatic heterocycles. The Morgan fingerprint density at radius 3 is 3.00 bits per heavy atom. The van der Waals surface area contributed by atoms with Crippen molar-refractivity contribution in [1.82, 2.24) is 15.3 Å². The van der Waals surface area contributed by atoms with E-state index in [0.29, 0.717) is 17.5 Å². The topological polar surface area (TPSA) is 58.4 Å². The summed E-state index contributed by atoms with van der Waals surface area (Å²) >= 11 is 0. The first-order chi connectivity index (χ1) is 10.2. The Morgan fingerprint density at radius 2 is 2.19 bits per heavy atom. The second-order valence-electron chi connectivity index (χ2n) is 5.59. The van der Waals surface area contributed by atoms with Gasteiger partial charge in [-0.25, -0.2) is 5.43 Å². The van der Waals surface area contributed by atoms with Crippen molar-refractivity contribution in [2.24, 2.45) is 12.1 Å². The molecule has 1 fully saturated rings. The molecule has 106 valence electrons. The molecule has 1 aliphatic carbocycles. The molecule has 1 aromatic heterocycles. The van der Waals surface area contributed by atoms with Gasteiger partial charge >= 0.3 is 0 Å². The van der Waals surface area contributed by atoms with E-state index < -0.39 is 0 Å². The number of aryl methyl sites for hydroxylation is 1. The molecule has 2 aliphatic rings. The van der Waals surface area contributed by atoms with Crippen molar-refractivity contribution in [2.75, 3.05) is 0 Å². The predicted molar refractivity (Wildman–Crippen MR) is 82.6 cm³/mol. The normalized spacial score (nSPS) is 20.0. The summed E-state index contributed by atoms with van der Waals surface area (Å²) in [4.78, 5) is 12.0. The number of hydrogen-bond acceptors (Lipinski definition) is 3. The number of hydrogen-bond donors (Lipinski definition) is 2. The van der Waals surface area contributed by atoms with E-state index in [9.17, 15) is 4.79 Å². The zero-order valence-corrected chi connectivity index (χ0v) is 11.8. The van der Waals surface area contributed by atoms with Gasteiger partial charge in [-0.2, -0.15) is 5.10 Å². The number of nitrogens with zero attached hydrogens (tertiary/aromatic N) is 2. The molecule has 21 heavy (non-hydrogen) atoms. The lowest BCUT2D eigenvalue weighted by Crippen LogP contribution is -2.26. The quantitative estimate of drug-likeness (QED) is 0.824. The van der Waals surface area contributed by atoms with Crippen molar-refractivity contribution in [2.45, 2.75) is 18.9 Å². The molecule has 1 amide bonds. The van der Waals surface area contributed by atoms with Crippen molar-refractivity contribution < 1.29 is 4.79 Å². The molecule has 0 unspecified atom stereocenters. The van der Waals surface area contributed by atoms with E-state index in [1.807, 2.05) is 31.5 Å². The molecule has 2 N–H and O–H groups in total. The van der Waals surface area contributed by atoms with Gasteiger partial charge in [-0.15, -0.1) is 0 Å². The van der Waals surface area contributed by atoms with Gasteiger partial charge in [-0.05, 0) is 25.0 Å². The lowest BCUT2D eigenvalue weighted by molar-refractivity contribution is -0.116. The number of hydrazone groups is 1. The van der Waals surface area contributed by atoms with Crippen LogP contribution in [0, 0.1) is 0 Å². The Bertz CT molecular complexity index is 796. The van der Waals surface area contributed by atoms with Crippen LogP contribution in [0.25, 0.3) is 17.0 Å².